The van der Waals surface area contributed by atoms with Crippen molar-refractivity contribution in [3.63, 3.8) is 0 Å². The Labute approximate surface area is 139 Å². The molecule has 2 rings (SSSR count). The molecule has 2 atom stereocenters. The van der Waals surface area contributed by atoms with Crippen molar-refractivity contribution in [2.75, 3.05) is 0 Å². The quantitative estimate of drug-likeness (QED) is 0.228. The number of unbranched alkanes of at least 4 members (excludes halogenated alkanes) is 2. The summed E-state index contributed by atoms with van der Waals surface area (Å²) in [6, 6.07) is 6.19. The average molecular weight is 332 g/mol. The Bertz CT molecular complexity index is 623. The molecule has 2 amide bonds. The molecule has 0 aliphatic carbocycles. The highest BCUT2D eigenvalue weighted by atomic mass is 16.6. The molecule has 1 aliphatic heterocycles. The van der Waals surface area contributed by atoms with Crippen LogP contribution in [0.25, 0.3) is 0 Å². The third kappa shape index (κ3) is 3.34. The lowest BCUT2D eigenvalue weighted by atomic mass is 9.94. The molecule has 1 heterocycles. The van der Waals surface area contributed by atoms with Crippen LogP contribution in [-0.2, 0) is 4.79 Å². The van der Waals surface area contributed by atoms with Crippen molar-refractivity contribution >= 4 is 18.1 Å². The van der Waals surface area contributed by atoms with Gasteiger partial charge in [-0.1, -0.05) is 38.3 Å². The van der Waals surface area contributed by atoms with E-state index in [1.54, 1.807) is 12.1 Å². The highest BCUT2D eigenvalue weighted by Crippen LogP contribution is 2.30. The van der Waals surface area contributed by atoms with Crippen LogP contribution >= 0.6 is 0 Å². The van der Waals surface area contributed by atoms with E-state index in [2.05, 4.69) is 0 Å². The van der Waals surface area contributed by atoms with Gasteiger partial charge >= 0.3 is 0 Å². The Hall–Kier alpha value is -2.57. The van der Waals surface area contributed by atoms with Gasteiger partial charge in [0.15, 0.2) is 0 Å². The van der Waals surface area contributed by atoms with Crippen molar-refractivity contribution in [3.8, 4) is 0 Å². The lowest BCUT2D eigenvalue weighted by Crippen LogP contribution is -2.49. The largest absolute Gasteiger partial charge is 0.303 e. The monoisotopic (exact) mass is 332 g/mol. The topological polar surface area (TPSA) is 97.6 Å². The van der Waals surface area contributed by atoms with Crippen LogP contribution in [0.3, 0.4) is 0 Å². The van der Waals surface area contributed by atoms with E-state index < -0.39 is 28.8 Å². The van der Waals surface area contributed by atoms with Gasteiger partial charge in [0.05, 0.1) is 17.0 Å². The summed E-state index contributed by atoms with van der Waals surface area (Å²) in [6.45, 7) is 2.00. The predicted molar refractivity (Wildman–Crippen MR) is 86.0 cm³/mol. The number of imide groups is 1. The van der Waals surface area contributed by atoms with E-state index in [1.807, 2.05) is 6.92 Å². The molecule has 0 spiro atoms. The van der Waals surface area contributed by atoms with Gasteiger partial charge in [0, 0.05) is 11.3 Å². The van der Waals surface area contributed by atoms with Crippen LogP contribution < -0.4 is 0 Å². The number of aldehydes is 1. The predicted octanol–water partition coefficient (Wildman–Crippen LogP) is 2.67. The summed E-state index contributed by atoms with van der Waals surface area (Å²) in [4.78, 5) is 47.7. The van der Waals surface area contributed by atoms with E-state index in [1.165, 1.54) is 12.1 Å². The SMILES string of the molecule is CCCCC[C@H](CC=O)[C@@H](N1C(=O)c2ccccc2C1=O)[N+](=O)[O-]. The molecular formula is C17H20N2O5. The van der Waals surface area contributed by atoms with Crippen LogP contribution in [0.15, 0.2) is 24.3 Å². The summed E-state index contributed by atoms with van der Waals surface area (Å²) in [6.07, 6.45) is 1.99. The highest BCUT2D eigenvalue weighted by molar-refractivity contribution is 6.21. The Morgan fingerprint density at radius 2 is 1.75 bits per heavy atom. The minimum Gasteiger partial charge on any atom is -0.303 e. The Balaban J connectivity index is 2.33. The van der Waals surface area contributed by atoms with Crippen molar-refractivity contribution in [3.05, 3.63) is 45.5 Å². The maximum atomic E-state index is 12.5. The van der Waals surface area contributed by atoms with Gasteiger partial charge in [0.2, 0.25) is 0 Å². The first-order chi connectivity index (χ1) is 11.5. The van der Waals surface area contributed by atoms with E-state index in [9.17, 15) is 24.5 Å². The number of hydrogen-bond acceptors (Lipinski definition) is 5. The first kappa shape index (κ1) is 17.8. The second-order valence-corrected chi connectivity index (χ2v) is 5.88. The van der Waals surface area contributed by atoms with Gasteiger partial charge in [0.25, 0.3) is 18.0 Å². The van der Waals surface area contributed by atoms with Gasteiger partial charge in [-0.05, 0) is 18.6 Å². The smallest absolute Gasteiger partial charge is 0.299 e. The van der Waals surface area contributed by atoms with Crippen molar-refractivity contribution < 1.29 is 19.3 Å². The third-order valence-electron chi connectivity index (χ3n) is 4.31. The number of amides is 2. The molecule has 0 unspecified atom stereocenters. The van der Waals surface area contributed by atoms with Gasteiger partial charge in [-0.25, -0.2) is 4.90 Å². The zero-order chi connectivity index (χ0) is 17.7. The standard InChI is InChI=1S/C17H20N2O5/c1-2-3-4-7-12(10-11-20)15(19(23)24)18-16(21)13-8-5-6-9-14(13)17(18)22/h5-6,8-9,11-12,15H,2-4,7,10H2,1H3/t12-,15+/m1/s1. The van der Waals surface area contributed by atoms with Crippen molar-refractivity contribution in [2.24, 2.45) is 5.92 Å². The van der Waals surface area contributed by atoms with Crippen molar-refractivity contribution in [1.29, 1.82) is 0 Å². The molecule has 0 fully saturated rings. The normalized spacial score (nSPS) is 16.0. The summed E-state index contributed by atoms with van der Waals surface area (Å²) >= 11 is 0. The summed E-state index contributed by atoms with van der Waals surface area (Å²) < 4.78 is 0. The van der Waals surface area contributed by atoms with Crippen LogP contribution in [0.2, 0.25) is 0 Å². The maximum absolute atomic E-state index is 12.5. The number of rotatable bonds is 9. The zero-order valence-corrected chi connectivity index (χ0v) is 13.5. The van der Waals surface area contributed by atoms with E-state index in [0.717, 1.165) is 12.8 Å². The van der Waals surface area contributed by atoms with E-state index in [-0.39, 0.29) is 17.5 Å². The molecule has 0 aromatic heterocycles. The lowest BCUT2D eigenvalue weighted by Gasteiger charge is -2.25. The molecule has 128 valence electrons. The molecule has 0 saturated heterocycles. The zero-order valence-electron chi connectivity index (χ0n) is 13.5. The number of carbonyl (C=O) groups excluding carboxylic acids is 3. The van der Waals surface area contributed by atoms with E-state index >= 15 is 0 Å². The summed E-state index contributed by atoms with van der Waals surface area (Å²) in [5.74, 6) is -2.00. The van der Waals surface area contributed by atoms with Crippen LogP contribution in [0.5, 0.6) is 0 Å². The van der Waals surface area contributed by atoms with Crippen LogP contribution in [-0.4, -0.2) is 34.1 Å². The van der Waals surface area contributed by atoms with Crippen LogP contribution in [0, 0.1) is 16.0 Å². The lowest BCUT2D eigenvalue weighted by molar-refractivity contribution is -0.551. The second-order valence-electron chi connectivity index (χ2n) is 5.88. The number of fused-ring (bicyclic) bond motifs is 1. The maximum Gasteiger partial charge on any atom is 0.299 e. The van der Waals surface area contributed by atoms with Gasteiger partial charge in [-0.3, -0.25) is 19.7 Å². The molecule has 1 aromatic rings. The second kappa shape index (κ2) is 7.81. The van der Waals surface area contributed by atoms with E-state index in [4.69, 9.17) is 0 Å². The minimum absolute atomic E-state index is 0.0528. The molecule has 0 N–H and O–H groups in total. The number of hydrogen-bond donors (Lipinski definition) is 0. The molecule has 7 nitrogen and oxygen atoms in total. The number of benzene rings is 1. The molecule has 1 aromatic carbocycles. The Morgan fingerprint density at radius 1 is 1.17 bits per heavy atom. The molecule has 0 bridgehead atoms. The molecule has 1 aliphatic rings. The highest BCUT2D eigenvalue weighted by Gasteiger charge is 2.48. The van der Waals surface area contributed by atoms with Gasteiger partial charge in [-0.2, -0.15) is 0 Å². The first-order valence-electron chi connectivity index (χ1n) is 8.07. The van der Waals surface area contributed by atoms with Gasteiger partial charge < -0.3 is 4.79 Å². The summed E-state index contributed by atoms with van der Waals surface area (Å²) in [5, 5.41) is 11.6. The third-order valence-corrected chi connectivity index (χ3v) is 4.31. The van der Waals surface area contributed by atoms with Crippen molar-refractivity contribution in [2.45, 2.75) is 45.2 Å². The van der Waals surface area contributed by atoms with Crippen molar-refractivity contribution in [1.82, 2.24) is 4.90 Å². The summed E-state index contributed by atoms with van der Waals surface area (Å²) in [5.41, 5.74) is 0.348. The van der Waals surface area contributed by atoms with E-state index in [0.29, 0.717) is 24.0 Å². The fourth-order valence-electron chi connectivity index (χ4n) is 3.09. The molecule has 7 heteroatoms. The fourth-order valence-corrected chi connectivity index (χ4v) is 3.09. The van der Waals surface area contributed by atoms with Crippen LogP contribution in [0.4, 0.5) is 0 Å². The average Bonchev–Trinajstić information content (AvgIpc) is 2.81. The Morgan fingerprint density at radius 3 is 2.21 bits per heavy atom. The Kier molecular flexibility index (Phi) is 5.78. The van der Waals surface area contributed by atoms with Gasteiger partial charge in [-0.15, -0.1) is 0 Å². The summed E-state index contributed by atoms with van der Waals surface area (Å²) in [7, 11) is 0. The molecular weight excluding hydrogens is 312 g/mol. The van der Waals surface area contributed by atoms with Gasteiger partial charge in [0.1, 0.15) is 6.29 Å². The first-order valence-corrected chi connectivity index (χ1v) is 8.07. The fraction of sp³-hybridized carbons (Fsp3) is 0.471. The molecule has 0 radical (unpaired) electrons. The molecule has 24 heavy (non-hydrogen) atoms. The number of nitro groups is 1. The minimum atomic E-state index is -1.51. The van der Waals surface area contributed by atoms with Crippen LogP contribution in [0.1, 0.15) is 59.7 Å². The number of carbonyl (C=O) groups is 3. The number of nitrogens with zero attached hydrogens (tertiary/aromatic N) is 2. The molecule has 0 saturated carbocycles.